The third kappa shape index (κ3) is 3.15. The molecule has 0 aromatic heterocycles. The van der Waals surface area contributed by atoms with E-state index in [9.17, 15) is 9.18 Å². The van der Waals surface area contributed by atoms with Gasteiger partial charge in [0.25, 0.3) is 0 Å². The standard InChI is InChI=1S/C16H15FO3/c1-10(2)20-13-5-3-4-11(8-13)12-6-7-15(17)14(9-12)16(18)19/h3-10H,1-2H3,(H,18,19). The van der Waals surface area contributed by atoms with E-state index in [2.05, 4.69) is 0 Å². The third-order valence-electron chi connectivity index (χ3n) is 2.74. The lowest BCUT2D eigenvalue weighted by Gasteiger charge is -2.11. The van der Waals surface area contributed by atoms with Crippen molar-refractivity contribution in [1.82, 2.24) is 0 Å². The van der Waals surface area contributed by atoms with Crippen LogP contribution in [0.5, 0.6) is 5.75 Å². The molecule has 0 aliphatic carbocycles. The molecule has 2 aromatic carbocycles. The van der Waals surface area contributed by atoms with Gasteiger partial charge in [0, 0.05) is 0 Å². The summed E-state index contributed by atoms with van der Waals surface area (Å²) in [5.74, 6) is -1.33. The fourth-order valence-electron chi connectivity index (χ4n) is 1.89. The van der Waals surface area contributed by atoms with Gasteiger partial charge in [-0.25, -0.2) is 9.18 Å². The molecule has 0 aliphatic heterocycles. The van der Waals surface area contributed by atoms with Gasteiger partial charge in [-0.15, -0.1) is 0 Å². The molecule has 0 atom stereocenters. The summed E-state index contributed by atoms with van der Waals surface area (Å²) in [5.41, 5.74) is 1.08. The Morgan fingerprint density at radius 2 is 1.85 bits per heavy atom. The van der Waals surface area contributed by atoms with Crippen molar-refractivity contribution in [2.24, 2.45) is 0 Å². The number of rotatable bonds is 4. The minimum Gasteiger partial charge on any atom is -0.491 e. The molecule has 0 spiro atoms. The average Bonchev–Trinajstić information content (AvgIpc) is 2.38. The topological polar surface area (TPSA) is 46.5 Å². The van der Waals surface area contributed by atoms with Gasteiger partial charge in [0.1, 0.15) is 11.6 Å². The summed E-state index contributed by atoms with van der Waals surface area (Å²) in [6.45, 7) is 3.85. The first-order chi connectivity index (χ1) is 9.47. The van der Waals surface area contributed by atoms with Crippen molar-refractivity contribution in [3.63, 3.8) is 0 Å². The fourth-order valence-corrected chi connectivity index (χ4v) is 1.89. The summed E-state index contributed by atoms with van der Waals surface area (Å²) < 4.78 is 19.0. The molecule has 0 amide bonds. The largest absolute Gasteiger partial charge is 0.491 e. The number of aromatic carboxylic acids is 1. The number of halogens is 1. The molecule has 0 fully saturated rings. The molecule has 2 aromatic rings. The summed E-state index contributed by atoms with van der Waals surface area (Å²) in [5, 5.41) is 8.95. The second-order valence-corrected chi connectivity index (χ2v) is 4.69. The smallest absolute Gasteiger partial charge is 0.338 e. The van der Waals surface area contributed by atoms with Crippen molar-refractivity contribution >= 4 is 5.97 Å². The molecular formula is C16H15FO3. The summed E-state index contributed by atoms with van der Waals surface area (Å²) >= 11 is 0. The van der Waals surface area contributed by atoms with E-state index >= 15 is 0 Å². The van der Waals surface area contributed by atoms with E-state index in [1.54, 1.807) is 12.1 Å². The Kier molecular flexibility index (Phi) is 4.03. The molecule has 4 heteroatoms. The zero-order chi connectivity index (χ0) is 14.7. The Hall–Kier alpha value is -2.36. The number of benzene rings is 2. The van der Waals surface area contributed by atoms with Crippen LogP contribution in [-0.2, 0) is 0 Å². The van der Waals surface area contributed by atoms with E-state index in [-0.39, 0.29) is 11.7 Å². The fraction of sp³-hybridized carbons (Fsp3) is 0.188. The van der Waals surface area contributed by atoms with Crippen molar-refractivity contribution in [3.05, 3.63) is 53.8 Å². The predicted molar refractivity (Wildman–Crippen MR) is 74.6 cm³/mol. The SMILES string of the molecule is CC(C)Oc1cccc(-c2ccc(F)c(C(=O)O)c2)c1. The number of hydrogen-bond donors (Lipinski definition) is 1. The number of carboxylic acids is 1. The van der Waals surface area contributed by atoms with E-state index in [1.165, 1.54) is 6.07 Å². The highest BCUT2D eigenvalue weighted by molar-refractivity contribution is 5.89. The van der Waals surface area contributed by atoms with Gasteiger partial charge in [-0.2, -0.15) is 0 Å². The van der Waals surface area contributed by atoms with Crippen LogP contribution in [0.4, 0.5) is 4.39 Å². The quantitative estimate of drug-likeness (QED) is 0.917. The van der Waals surface area contributed by atoms with Crippen LogP contribution in [0.1, 0.15) is 24.2 Å². The van der Waals surface area contributed by atoms with Gasteiger partial charge >= 0.3 is 5.97 Å². The monoisotopic (exact) mass is 274 g/mol. The first-order valence-corrected chi connectivity index (χ1v) is 6.27. The third-order valence-corrected chi connectivity index (χ3v) is 2.74. The van der Waals surface area contributed by atoms with Crippen LogP contribution in [0.2, 0.25) is 0 Å². The number of ether oxygens (including phenoxy) is 1. The first kappa shape index (κ1) is 14.1. The van der Waals surface area contributed by atoms with E-state index in [1.807, 2.05) is 32.0 Å². The van der Waals surface area contributed by atoms with Crippen LogP contribution >= 0.6 is 0 Å². The molecule has 0 unspecified atom stereocenters. The predicted octanol–water partition coefficient (Wildman–Crippen LogP) is 3.98. The molecule has 20 heavy (non-hydrogen) atoms. The molecule has 2 rings (SSSR count). The number of carbonyl (C=O) groups is 1. The van der Waals surface area contributed by atoms with E-state index in [0.717, 1.165) is 11.6 Å². The first-order valence-electron chi connectivity index (χ1n) is 6.27. The van der Waals surface area contributed by atoms with Crippen molar-refractivity contribution in [3.8, 4) is 16.9 Å². The minimum atomic E-state index is -1.28. The maximum Gasteiger partial charge on any atom is 0.338 e. The van der Waals surface area contributed by atoms with E-state index < -0.39 is 11.8 Å². The average molecular weight is 274 g/mol. The molecule has 0 bridgehead atoms. The Morgan fingerprint density at radius 3 is 2.50 bits per heavy atom. The summed E-state index contributed by atoms with van der Waals surface area (Å²) in [6.07, 6.45) is 0.0491. The van der Waals surface area contributed by atoms with Crippen molar-refractivity contribution < 1.29 is 19.0 Å². The van der Waals surface area contributed by atoms with E-state index in [0.29, 0.717) is 11.3 Å². The molecule has 0 saturated heterocycles. The van der Waals surface area contributed by atoms with Gasteiger partial charge < -0.3 is 9.84 Å². The molecule has 104 valence electrons. The van der Waals surface area contributed by atoms with Gasteiger partial charge in [0.15, 0.2) is 0 Å². The highest BCUT2D eigenvalue weighted by Gasteiger charge is 2.12. The Balaban J connectivity index is 2.41. The van der Waals surface area contributed by atoms with Crippen molar-refractivity contribution in [2.75, 3.05) is 0 Å². The zero-order valence-electron chi connectivity index (χ0n) is 11.3. The molecular weight excluding hydrogens is 259 g/mol. The van der Waals surface area contributed by atoms with Gasteiger partial charge in [-0.05, 0) is 49.2 Å². The molecule has 0 aliphatic rings. The Labute approximate surface area is 116 Å². The van der Waals surface area contributed by atoms with Crippen LogP contribution in [0.3, 0.4) is 0 Å². The van der Waals surface area contributed by atoms with Crippen LogP contribution in [0.25, 0.3) is 11.1 Å². The second kappa shape index (κ2) is 5.74. The lowest BCUT2D eigenvalue weighted by Crippen LogP contribution is -2.05. The van der Waals surface area contributed by atoms with Crippen LogP contribution < -0.4 is 4.74 Å². The maximum atomic E-state index is 13.4. The number of hydrogen-bond acceptors (Lipinski definition) is 2. The summed E-state index contributed by atoms with van der Waals surface area (Å²) in [7, 11) is 0. The van der Waals surface area contributed by atoms with Crippen molar-refractivity contribution in [2.45, 2.75) is 20.0 Å². The van der Waals surface area contributed by atoms with Crippen LogP contribution in [0, 0.1) is 5.82 Å². The molecule has 0 radical (unpaired) electrons. The highest BCUT2D eigenvalue weighted by Crippen LogP contribution is 2.26. The maximum absolute atomic E-state index is 13.4. The molecule has 0 heterocycles. The van der Waals surface area contributed by atoms with Crippen LogP contribution in [-0.4, -0.2) is 17.2 Å². The lowest BCUT2D eigenvalue weighted by molar-refractivity contribution is 0.0692. The summed E-state index contributed by atoms with van der Waals surface area (Å²) in [4.78, 5) is 11.0. The van der Waals surface area contributed by atoms with Gasteiger partial charge in [0.05, 0.1) is 11.7 Å². The molecule has 1 N–H and O–H groups in total. The van der Waals surface area contributed by atoms with Gasteiger partial charge in [-0.3, -0.25) is 0 Å². The highest BCUT2D eigenvalue weighted by atomic mass is 19.1. The zero-order valence-corrected chi connectivity index (χ0v) is 11.3. The summed E-state index contributed by atoms with van der Waals surface area (Å²) in [6, 6.07) is 11.3. The van der Waals surface area contributed by atoms with Crippen LogP contribution in [0.15, 0.2) is 42.5 Å². The van der Waals surface area contributed by atoms with Crippen molar-refractivity contribution in [1.29, 1.82) is 0 Å². The second-order valence-electron chi connectivity index (χ2n) is 4.69. The Bertz CT molecular complexity index is 635. The lowest BCUT2D eigenvalue weighted by atomic mass is 10.0. The molecule has 0 saturated carbocycles. The van der Waals surface area contributed by atoms with Gasteiger partial charge in [-0.1, -0.05) is 18.2 Å². The Morgan fingerprint density at radius 1 is 1.15 bits per heavy atom. The normalized spacial score (nSPS) is 10.6. The van der Waals surface area contributed by atoms with E-state index in [4.69, 9.17) is 9.84 Å². The number of carboxylic acid groups (broad SMARTS) is 1. The van der Waals surface area contributed by atoms with Gasteiger partial charge in [0.2, 0.25) is 0 Å². The molecule has 3 nitrogen and oxygen atoms in total. The minimum absolute atomic E-state index is 0.0491.